The maximum Gasteiger partial charge on any atom is 0.315 e. The molecule has 3 heterocycles. The number of amides is 5. The minimum absolute atomic E-state index is 0.215. The van der Waals surface area contributed by atoms with Crippen molar-refractivity contribution < 1.29 is 19.2 Å². The summed E-state index contributed by atoms with van der Waals surface area (Å²) in [6.45, 7) is 2.83. The Morgan fingerprint density at radius 2 is 2.03 bits per heavy atom. The van der Waals surface area contributed by atoms with Gasteiger partial charge in [-0.3, -0.25) is 19.7 Å². The highest BCUT2D eigenvalue weighted by molar-refractivity contribution is 7.10. The fraction of sp³-hybridized carbons (Fsp3) is 0.333. The van der Waals surface area contributed by atoms with Crippen LogP contribution in [0.3, 0.4) is 0 Å². The Hall–Kier alpha value is -2.91. The third-order valence-electron chi connectivity index (χ3n) is 5.49. The van der Waals surface area contributed by atoms with Gasteiger partial charge in [-0.1, -0.05) is 23.7 Å². The quantitative estimate of drug-likeness (QED) is 0.595. The van der Waals surface area contributed by atoms with Gasteiger partial charge in [0.25, 0.3) is 5.91 Å². The number of nitrogens with one attached hydrogen (secondary N) is 3. The molecule has 1 aromatic carbocycles. The van der Waals surface area contributed by atoms with Gasteiger partial charge in [-0.25, -0.2) is 4.79 Å². The van der Waals surface area contributed by atoms with Gasteiger partial charge < -0.3 is 15.5 Å². The molecule has 31 heavy (non-hydrogen) atoms. The Labute approximate surface area is 187 Å². The molecule has 4 rings (SSSR count). The van der Waals surface area contributed by atoms with Crippen molar-refractivity contribution >= 4 is 46.7 Å². The molecule has 10 heteroatoms. The Kier molecular flexibility index (Phi) is 5.97. The van der Waals surface area contributed by atoms with Gasteiger partial charge in [-0.15, -0.1) is 11.3 Å². The summed E-state index contributed by atoms with van der Waals surface area (Å²) in [5, 5.41) is 10.3. The number of imide groups is 1. The van der Waals surface area contributed by atoms with Crippen LogP contribution in [0, 0.1) is 6.92 Å². The van der Waals surface area contributed by atoms with Crippen LogP contribution < -0.4 is 16.0 Å². The smallest absolute Gasteiger partial charge is 0.315 e. The zero-order chi connectivity index (χ0) is 22.1. The van der Waals surface area contributed by atoms with Crippen molar-refractivity contribution in [2.24, 2.45) is 0 Å². The summed E-state index contributed by atoms with van der Waals surface area (Å²) < 4.78 is 0. The summed E-state index contributed by atoms with van der Waals surface area (Å²) in [5.74, 6) is -0.965. The lowest BCUT2D eigenvalue weighted by atomic mass is 10.0. The number of thiophene rings is 1. The number of piperidine rings is 1. The van der Waals surface area contributed by atoms with Gasteiger partial charge in [-0.2, -0.15) is 0 Å². The standard InChI is InChI=1S/C21H21ClN4O4S/c1-11-2-3-12(6-15(11)22)7-23-21(30)24-8-17-13-9-26(20(29)14(13)10-31-17)16-4-5-18(27)25-19(16)28/h2-3,6,10,16H,4-5,7-9H2,1H3,(H2,23,24,30)(H,25,27,28). The molecule has 8 nitrogen and oxygen atoms in total. The molecule has 0 radical (unpaired) electrons. The number of hydrogen-bond donors (Lipinski definition) is 3. The molecule has 0 spiro atoms. The van der Waals surface area contributed by atoms with Gasteiger partial charge >= 0.3 is 6.03 Å². The second-order valence-electron chi connectivity index (χ2n) is 7.57. The van der Waals surface area contributed by atoms with Crippen LogP contribution >= 0.6 is 22.9 Å². The van der Waals surface area contributed by atoms with Gasteiger partial charge in [-0.05, 0) is 36.1 Å². The molecule has 1 saturated heterocycles. The van der Waals surface area contributed by atoms with E-state index >= 15 is 0 Å². The monoisotopic (exact) mass is 460 g/mol. The predicted molar refractivity (Wildman–Crippen MR) is 116 cm³/mol. The van der Waals surface area contributed by atoms with Crippen molar-refractivity contribution in [2.75, 3.05) is 0 Å². The SMILES string of the molecule is Cc1ccc(CNC(=O)NCc2scc3c2CN(C2CCC(=O)NC2=O)C3=O)cc1Cl. The first kappa shape index (κ1) is 21.3. The molecule has 5 amide bonds. The molecular weight excluding hydrogens is 440 g/mol. The average Bonchev–Trinajstić information content (AvgIpc) is 3.27. The van der Waals surface area contributed by atoms with E-state index in [4.69, 9.17) is 11.6 Å². The van der Waals surface area contributed by atoms with E-state index in [0.717, 1.165) is 21.6 Å². The molecule has 162 valence electrons. The highest BCUT2D eigenvalue weighted by atomic mass is 35.5. The molecule has 3 N–H and O–H groups in total. The van der Waals surface area contributed by atoms with E-state index in [1.807, 2.05) is 25.1 Å². The number of halogens is 1. The second kappa shape index (κ2) is 8.68. The number of urea groups is 1. The third kappa shape index (κ3) is 4.42. The summed E-state index contributed by atoms with van der Waals surface area (Å²) in [4.78, 5) is 50.8. The van der Waals surface area contributed by atoms with Crippen molar-refractivity contribution in [3.05, 3.63) is 55.7 Å². The lowest BCUT2D eigenvalue weighted by Gasteiger charge is -2.29. The molecule has 2 aromatic rings. The summed E-state index contributed by atoms with van der Waals surface area (Å²) in [6, 6.07) is 4.65. The Morgan fingerprint density at radius 3 is 2.77 bits per heavy atom. The molecule has 2 aliphatic heterocycles. The third-order valence-corrected chi connectivity index (χ3v) is 6.92. The van der Waals surface area contributed by atoms with E-state index in [1.165, 1.54) is 16.2 Å². The molecule has 0 saturated carbocycles. The van der Waals surface area contributed by atoms with Crippen molar-refractivity contribution in [2.45, 2.75) is 45.4 Å². The molecule has 1 atom stereocenters. The maximum atomic E-state index is 12.7. The van der Waals surface area contributed by atoms with Crippen LogP contribution in [0.4, 0.5) is 4.79 Å². The fourth-order valence-electron chi connectivity index (χ4n) is 3.70. The molecule has 0 aliphatic carbocycles. The van der Waals surface area contributed by atoms with Crippen LogP contribution in [0.15, 0.2) is 23.6 Å². The van der Waals surface area contributed by atoms with Crippen LogP contribution in [-0.4, -0.2) is 34.7 Å². The van der Waals surface area contributed by atoms with Gasteiger partial charge in [0.05, 0.1) is 12.1 Å². The van der Waals surface area contributed by atoms with Crippen molar-refractivity contribution in [1.29, 1.82) is 0 Å². The lowest BCUT2D eigenvalue weighted by molar-refractivity contribution is -0.136. The Balaban J connectivity index is 1.33. The van der Waals surface area contributed by atoms with Crippen LogP contribution in [0.1, 0.15) is 44.8 Å². The van der Waals surface area contributed by atoms with Crippen molar-refractivity contribution in [3.8, 4) is 0 Å². The number of fused-ring (bicyclic) bond motifs is 1. The highest BCUT2D eigenvalue weighted by Gasteiger charge is 2.40. The fourth-order valence-corrected chi connectivity index (χ4v) is 4.88. The largest absolute Gasteiger partial charge is 0.334 e. The first-order valence-electron chi connectivity index (χ1n) is 9.84. The Morgan fingerprint density at radius 1 is 1.26 bits per heavy atom. The number of benzene rings is 1. The molecular formula is C21H21ClN4O4S. The lowest BCUT2D eigenvalue weighted by Crippen LogP contribution is -2.52. The molecule has 1 fully saturated rings. The normalized spacial score (nSPS) is 18.1. The van der Waals surface area contributed by atoms with Crippen LogP contribution in [-0.2, 0) is 29.2 Å². The van der Waals surface area contributed by atoms with Crippen molar-refractivity contribution in [1.82, 2.24) is 20.9 Å². The minimum Gasteiger partial charge on any atom is -0.334 e. The molecule has 2 aliphatic rings. The zero-order valence-corrected chi connectivity index (χ0v) is 18.4. The van der Waals surface area contributed by atoms with E-state index in [-0.39, 0.29) is 30.8 Å². The first-order valence-corrected chi connectivity index (χ1v) is 11.1. The first-order chi connectivity index (χ1) is 14.8. The predicted octanol–water partition coefficient (Wildman–Crippen LogP) is 2.47. The second-order valence-corrected chi connectivity index (χ2v) is 8.94. The topological polar surface area (TPSA) is 108 Å². The summed E-state index contributed by atoms with van der Waals surface area (Å²) in [5.41, 5.74) is 3.25. The molecule has 1 aromatic heterocycles. The van der Waals surface area contributed by atoms with E-state index in [0.29, 0.717) is 30.1 Å². The number of nitrogens with zero attached hydrogens (tertiary/aromatic N) is 1. The maximum absolute atomic E-state index is 12.7. The summed E-state index contributed by atoms with van der Waals surface area (Å²) in [7, 11) is 0. The number of rotatable bonds is 5. The van der Waals surface area contributed by atoms with Crippen LogP contribution in [0.25, 0.3) is 0 Å². The number of carbonyl (C=O) groups excluding carboxylic acids is 4. The highest BCUT2D eigenvalue weighted by Crippen LogP contribution is 2.33. The van der Waals surface area contributed by atoms with E-state index < -0.39 is 11.9 Å². The summed E-state index contributed by atoms with van der Waals surface area (Å²) in [6.07, 6.45) is 0.539. The average molecular weight is 461 g/mol. The zero-order valence-electron chi connectivity index (χ0n) is 16.8. The van der Waals surface area contributed by atoms with Gasteiger partial charge in [0.1, 0.15) is 6.04 Å². The van der Waals surface area contributed by atoms with Gasteiger partial charge in [0, 0.05) is 34.8 Å². The van der Waals surface area contributed by atoms with E-state index in [2.05, 4.69) is 16.0 Å². The minimum atomic E-state index is -0.645. The Bertz CT molecular complexity index is 1080. The molecule has 0 bridgehead atoms. The van der Waals surface area contributed by atoms with Crippen LogP contribution in [0.2, 0.25) is 5.02 Å². The van der Waals surface area contributed by atoms with Gasteiger partial charge in [0.15, 0.2) is 0 Å². The number of carbonyl (C=O) groups is 4. The molecule has 1 unspecified atom stereocenters. The van der Waals surface area contributed by atoms with Crippen molar-refractivity contribution in [3.63, 3.8) is 0 Å². The van der Waals surface area contributed by atoms with Gasteiger partial charge in [0.2, 0.25) is 11.8 Å². The number of hydrogen-bond acceptors (Lipinski definition) is 5. The number of aryl methyl sites for hydroxylation is 1. The van der Waals surface area contributed by atoms with E-state index in [1.54, 1.807) is 5.38 Å². The van der Waals surface area contributed by atoms with Crippen LogP contribution in [0.5, 0.6) is 0 Å². The summed E-state index contributed by atoms with van der Waals surface area (Å²) >= 11 is 7.51. The van der Waals surface area contributed by atoms with E-state index in [9.17, 15) is 19.2 Å².